The number of para-hydroxylation sites is 2. The Labute approximate surface area is 275 Å². The van der Waals surface area contributed by atoms with Crippen LogP contribution >= 0.6 is 0 Å². The van der Waals surface area contributed by atoms with E-state index in [4.69, 9.17) is 0 Å². The summed E-state index contributed by atoms with van der Waals surface area (Å²) in [6.45, 7) is 0.755. The zero-order valence-corrected chi connectivity index (χ0v) is 27.1. The Hall–Kier alpha value is -3.89. The molecule has 46 heavy (non-hydrogen) atoms. The smallest absolute Gasteiger partial charge is 0.326 e. The van der Waals surface area contributed by atoms with Crippen LogP contribution in [0.5, 0.6) is 0 Å². The van der Waals surface area contributed by atoms with Gasteiger partial charge in [0.05, 0.1) is 11.4 Å². The SMILES string of the molecule is O=C(N[C@H]1CN[C@@H](C(c2ccc(C3CCCCC3)cc2)c2ccc(C3CCCCC3)cc2)C1)N(c1ccccc1)c1ccccc1. The molecule has 1 heterocycles. The second-order valence-corrected chi connectivity index (χ2v) is 13.9. The number of nitrogens with zero attached hydrogens (tertiary/aromatic N) is 1. The summed E-state index contributed by atoms with van der Waals surface area (Å²) in [5, 5.41) is 7.24. The van der Waals surface area contributed by atoms with Gasteiger partial charge >= 0.3 is 6.03 Å². The highest BCUT2D eigenvalue weighted by molar-refractivity contribution is 5.99. The summed E-state index contributed by atoms with van der Waals surface area (Å²) in [5.41, 5.74) is 7.46. The number of hydrogen-bond acceptors (Lipinski definition) is 2. The van der Waals surface area contributed by atoms with Gasteiger partial charge in [0.25, 0.3) is 0 Å². The van der Waals surface area contributed by atoms with E-state index in [9.17, 15) is 4.79 Å². The van der Waals surface area contributed by atoms with Crippen LogP contribution in [0.4, 0.5) is 16.2 Å². The third kappa shape index (κ3) is 7.08. The number of urea groups is 1. The fraction of sp³-hybridized carbons (Fsp3) is 0.405. The standard InChI is InChI=1S/C42H49N3O/c46-42(45(38-17-9-3-10-18-38)39-19-11-4-12-20-39)44-37-29-40(43-30-37)41(35-25-21-33(22-26-35)31-13-5-1-6-14-31)36-27-23-34(24-28-36)32-15-7-2-8-16-32/h3-4,9-12,17-28,31-32,37,40-41,43H,1-2,5-8,13-16,29-30H2,(H,44,46)/t37-,40-/m1/s1. The van der Waals surface area contributed by atoms with Crippen LogP contribution in [0.1, 0.15) is 111 Å². The molecule has 0 bridgehead atoms. The zero-order valence-electron chi connectivity index (χ0n) is 27.1. The van der Waals surface area contributed by atoms with E-state index in [2.05, 4.69) is 59.2 Å². The molecule has 1 saturated heterocycles. The number of rotatable bonds is 8. The Morgan fingerprint density at radius 1 is 0.609 bits per heavy atom. The van der Waals surface area contributed by atoms with Crippen LogP contribution in [-0.2, 0) is 0 Å². The average molecular weight is 612 g/mol. The van der Waals surface area contributed by atoms with E-state index in [1.807, 2.05) is 60.7 Å². The van der Waals surface area contributed by atoms with Gasteiger partial charge in [-0.25, -0.2) is 4.79 Å². The van der Waals surface area contributed by atoms with Crippen molar-refractivity contribution in [3.63, 3.8) is 0 Å². The summed E-state index contributed by atoms with van der Waals surface area (Å²) in [5.74, 6) is 1.64. The van der Waals surface area contributed by atoms with Gasteiger partial charge in [-0.15, -0.1) is 0 Å². The van der Waals surface area contributed by atoms with Crippen molar-refractivity contribution in [3.05, 3.63) is 131 Å². The van der Waals surface area contributed by atoms with Crippen molar-refractivity contribution < 1.29 is 4.79 Å². The second kappa shape index (κ2) is 14.7. The minimum atomic E-state index is -0.0879. The Balaban J connectivity index is 1.12. The van der Waals surface area contributed by atoms with Gasteiger partial charge in [-0.1, -0.05) is 123 Å². The van der Waals surface area contributed by atoms with Crippen LogP contribution in [0.2, 0.25) is 0 Å². The van der Waals surface area contributed by atoms with Gasteiger partial charge in [0, 0.05) is 24.5 Å². The molecule has 3 aliphatic rings. The van der Waals surface area contributed by atoms with Gasteiger partial charge in [0.1, 0.15) is 0 Å². The van der Waals surface area contributed by atoms with E-state index in [1.165, 1.54) is 86.5 Å². The molecular weight excluding hydrogens is 562 g/mol. The molecule has 4 nitrogen and oxygen atoms in total. The highest BCUT2D eigenvalue weighted by Crippen LogP contribution is 2.38. The van der Waals surface area contributed by atoms with Crippen molar-refractivity contribution >= 4 is 17.4 Å². The maximum atomic E-state index is 13.9. The largest absolute Gasteiger partial charge is 0.333 e. The van der Waals surface area contributed by atoms with Crippen molar-refractivity contribution in [2.24, 2.45) is 0 Å². The van der Waals surface area contributed by atoms with Crippen LogP contribution < -0.4 is 15.5 Å². The molecule has 0 radical (unpaired) electrons. The Morgan fingerprint density at radius 2 is 1.07 bits per heavy atom. The number of hydrogen-bond donors (Lipinski definition) is 2. The predicted molar refractivity (Wildman–Crippen MR) is 190 cm³/mol. The molecule has 2 aliphatic carbocycles. The van der Waals surface area contributed by atoms with Crippen molar-refractivity contribution in [1.82, 2.24) is 10.6 Å². The molecule has 2 N–H and O–H groups in total. The molecular formula is C42H49N3O. The maximum absolute atomic E-state index is 13.9. The highest BCUT2D eigenvalue weighted by atomic mass is 16.2. The van der Waals surface area contributed by atoms with Crippen LogP contribution in [0, 0.1) is 0 Å². The number of benzene rings is 4. The van der Waals surface area contributed by atoms with E-state index in [-0.39, 0.29) is 24.0 Å². The minimum absolute atomic E-state index is 0.0398. The fourth-order valence-corrected chi connectivity index (χ4v) is 8.39. The summed E-state index contributed by atoms with van der Waals surface area (Å²) in [6.07, 6.45) is 14.3. The summed E-state index contributed by atoms with van der Waals surface area (Å²) >= 11 is 0. The summed E-state index contributed by atoms with van der Waals surface area (Å²) < 4.78 is 0. The quantitative estimate of drug-likeness (QED) is 0.208. The lowest BCUT2D eigenvalue weighted by Gasteiger charge is -2.28. The number of anilines is 2. The first-order valence-corrected chi connectivity index (χ1v) is 17.9. The monoisotopic (exact) mass is 611 g/mol. The van der Waals surface area contributed by atoms with E-state index in [0.29, 0.717) is 11.8 Å². The number of amides is 2. The molecule has 4 aromatic rings. The molecule has 7 rings (SSSR count). The van der Waals surface area contributed by atoms with E-state index < -0.39 is 0 Å². The first kappa shape index (κ1) is 30.7. The summed E-state index contributed by atoms with van der Waals surface area (Å²) in [4.78, 5) is 15.7. The average Bonchev–Trinajstić information content (AvgIpc) is 3.58. The van der Waals surface area contributed by atoms with E-state index in [1.54, 1.807) is 4.90 Å². The predicted octanol–water partition coefficient (Wildman–Crippen LogP) is 10.2. The second-order valence-electron chi connectivity index (χ2n) is 13.9. The fourth-order valence-electron chi connectivity index (χ4n) is 8.39. The maximum Gasteiger partial charge on any atom is 0.326 e. The van der Waals surface area contributed by atoms with Crippen molar-refractivity contribution in [2.45, 2.75) is 100 Å². The van der Waals surface area contributed by atoms with Crippen molar-refractivity contribution in [1.29, 1.82) is 0 Å². The van der Waals surface area contributed by atoms with Crippen LogP contribution in [0.25, 0.3) is 0 Å². The van der Waals surface area contributed by atoms with Crippen LogP contribution in [-0.4, -0.2) is 24.7 Å². The molecule has 238 valence electrons. The topological polar surface area (TPSA) is 44.4 Å². The lowest BCUT2D eigenvalue weighted by Crippen LogP contribution is -2.43. The molecule has 2 atom stereocenters. The molecule has 4 heteroatoms. The molecule has 0 unspecified atom stereocenters. The lowest BCUT2D eigenvalue weighted by atomic mass is 9.79. The number of nitrogens with one attached hydrogen (secondary N) is 2. The van der Waals surface area contributed by atoms with Gasteiger partial charge in [0.2, 0.25) is 0 Å². The minimum Gasteiger partial charge on any atom is -0.333 e. The molecule has 2 amide bonds. The van der Waals surface area contributed by atoms with Crippen LogP contribution in [0.15, 0.2) is 109 Å². The Kier molecular flexibility index (Phi) is 9.82. The summed E-state index contributed by atoms with van der Waals surface area (Å²) in [7, 11) is 0. The van der Waals surface area contributed by atoms with E-state index in [0.717, 1.165) is 24.3 Å². The first-order valence-electron chi connectivity index (χ1n) is 17.9. The van der Waals surface area contributed by atoms with Gasteiger partial charge in [-0.05, 0) is 90.5 Å². The van der Waals surface area contributed by atoms with Gasteiger partial charge in [0.15, 0.2) is 0 Å². The van der Waals surface area contributed by atoms with Crippen molar-refractivity contribution in [2.75, 3.05) is 11.4 Å². The van der Waals surface area contributed by atoms with Gasteiger partial charge in [-0.3, -0.25) is 4.90 Å². The molecule has 4 aromatic carbocycles. The Bertz CT molecular complexity index is 1420. The molecule has 1 aliphatic heterocycles. The molecule has 0 spiro atoms. The van der Waals surface area contributed by atoms with E-state index >= 15 is 0 Å². The molecule has 2 saturated carbocycles. The normalized spacial score (nSPS) is 20.9. The van der Waals surface area contributed by atoms with Crippen LogP contribution in [0.3, 0.4) is 0 Å². The lowest BCUT2D eigenvalue weighted by molar-refractivity contribution is 0.245. The molecule has 3 fully saturated rings. The van der Waals surface area contributed by atoms with Gasteiger partial charge in [-0.2, -0.15) is 0 Å². The third-order valence-electron chi connectivity index (χ3n) is 10.9. The summed E-state index contributed by atoms with van der Waals surface area (Å²) in [6, 6.07) is 39.2. The number of carbonyl (C=O) groups is 1. The van der Waals surface area contributed by atoms with Crippen molar-refractivity contribution in [3.8, 4) is 0 Å². The Morgan fingerprint density at radius 3 is 1.52 bits per heavy atom. The highest BCUT2D eigenvalue weighted by Gasteiger charge is 2.34. The van der Waals surface area contributed by atoms with Gasteiger partial charge < -0.3 is 10.6 Å². The molecule has 0 aromatic heterocycles. The number of carbonyl (C=O) groups excluding carboxylic acids is 1. The zero-order chi connectivity index (χ0) is 31.1. The first-order chi connectivity index (χ1) is 22.7. The third-order valence-corrected chi connectivity index (χ3v) is 10.9.